The molecule has 2 aromatic rings. The zero-order valence-corrected chi connectivity index (χ0v) is 40.1. The largest absolute Gasteiger partial charge is 0.497 e. The summed E-state index contributed by atoms with van der Waals surface area (Å²) in [7, 11) is 3.22. The van der Waals surface area contributed by atoms with Crippen LogP contribution in [0.25, 0.3) is 0 Å². The lowest BCUT2D eigenvalue weighted by Crippen LogP contribution is -2.79. The van der Waals surface area contributed by atoms with Crippen molar-refractivity contribution in [2.45, 2.75) is 181 Å². The summed E-state index contributed by atoms with van der Waals surface area (Å²) in [5.74, 6) is -3.85. The number of rotatable bonds is 28. The van der Waals surface area contributed by atoms with E-state index in [9.17, 15) is 9.59 Å². The molecule has 0 aromatic heterocycles. The molecule has 0 aliphatic carbocycles. The van der Waals surface area contributed by atoms with Crippen molar-refractivity contribution in [2.24, 2.45) is 9.98 Å². The topological polar surface area (TPSA) is 192 Å². The van der Waals surface area contributed by atoms with Gasteiger partial charge in [0.1, 0.15) is 22.8 Å². The second kappa shape index (κ2) is 26.4. The molecule has 2 aliphatic rings. The number of nitrogens with zero attached hydrogens (tertiary/aromatic N) is 2. The van der Waals surface area contributed by atoms with Crippen LogP contribution in [0.4, 0.5) is 0 Å². The minimum Gasteiger partial charge on any atom is -0.497 e. The monoisotopic (exact) mass is 893 g/mol. The van der Waals surface area contributed by atoms with E-state index in [2.05, 4.69) is 56.4 Å². The van der Waals surface area contributed by atoms with Crippen LogP contribution in [0.5, 0.6) is 11.5 Å². The summed E-state index contributed by atoms with van der Waals surface area (Å²) in [5.41, 5.74) is -0.120. The zero-order valence-electron chi connectivity index (χ0n) is 40.1. The van der Waals surface area contributed by atoms with Gasteiger partial charge in [0, 0.05) is 26.2 Å². The smallest absolute Gasteiger partial charge is 0.421 e. The van der Waals surface area contributed by atoms with E-state index in [1.807, 2.05) is 76.2 Å². The Morgan fingerprint density at radius 2 is 0.844 bits per heavy atom. The Morgan fingerprint density at radius 1 is 0.516 bits per heavy atom. The third-order valence-corrected chi connectivity index (χ3v) is 11.0. The third-order valence-electron chi connectivity index (χ3n) is 11.0. The molecule has 2 aliphatic heterocycles. The van der Waals surface area contributed by atoms with Gasteiger partial charge in [0.05, 0.1) is 14.2 Å². The van der Waals surface area contributed by atoms with Gasteiger partial charge in [-0.15, -0.1) is 0 Å². The Bertz CT molecular complexity index is 1630. The molecule has 0 radical (unpaired) electrons. The first kappa shape index (κ1) is 52.0. The molecule has 0 saturated heterocycles. The van der Waals surface area contributed by atoms with Crippen LogP contribution in [-0.4, -0.2) is 74.4 Å². The summed E-state index contributed by atoms with van der Waals surface area (Å²) in [4.78, 5) is 38.0. The van der Waals surface area contributed by atoms with Gasteiger partial charge in [-0.3, -0.25) is 10.6 Å². The fraction of sp³-hybridized carbons (Fsp3) is 0.667. The lowest BCUT2D eigenvalue weighted by Gasteiger charge is -2.45. The minimum atomic E-state index is -1.79. The highest BCUT2D eigenvalue weighted by atomic mass is 16.7. The summed E-state index contributed by atoms with van der Waals surface area (Å²) in [6, 6.07) is 15.0. The number of hydrogen-bond donors (Lipinski definition) is 8. The number of carbonyl (C=O) groups excluding carboxylic acids is 2. The fourth-order valence-corrected chi connectivity index (χ4v) is 7.68. The van der Waals surface area contributed by atoms with Crippen LogP contribution in [0.3, 0.4) is 0 Å². The molecule has 8 N–H and O–H groups in total. The lowest BCUT2D eigenvalue weighted by atomic mass is 10.1. The molecule has 0 saturated carbocycles. The van der Waals surface area contributed by atoms with Gasteiger partial charge >= 0.3 is 23.9 Å². The van der Waals surface area contributed by atoms with E-state index in [1.165, 1.54) is 77.0 Å². The number of methoxy groups -OCH3 is 2. The van der Waals surface area contributed by atoms with E-state index >= 15 is 0 Å². The molecular formula is C48H80N10O6. The lowest BCUT2D eigenvalue weighted by molar-refractivity contribution is -0.203. The minimum absolute atomic E-state index is 0.239. The van der Waals surface area contributed by atoms with Crippen molar-refractivity contribution < 1.29 is 28.5 Å². The molecule has 0 amide bonds. The Balaban J connectivity index is 1.51. The van der Waals surface area contributed by atoms with Crippen LogP contribution >= 0.6 is 0 Å². The number of unbranched alkanes of at least 4 members (excludes halogenated alkanes) is 14. The number of hydrogen-bond acceptors (Lipinski definition) is 16. The quantitative estimate of drug-likeness (QED) is 0.0190. The molecule has 2 aromatic carbocycles. The number of aliphatic imine (C=N–C) groups is 2. The SMILES string of the molecule is CCCCCCCCCCNC1=NC(C)(C)NC(NCc2ccc(OC)cc2)(OC(=O)C(=O)OC2(NCc3ccc(OC)cc3)NC(NCCCCCCCCCC)=NC(C)(C)N2)N1. The molecule has 16 nitrogen and oxygen atoms in total. The second-order valence-electron chi connectivity index (χ2n) is 17.9. The van der Waals surface area contributed by atoms with Gasteiger partial charge in [-0.2, -0.15) is 0 Å². The number of benzene rings is 2. The molecule has 0 bridgehead atoms. The summed E-state index contributed by atoms with van der Waals surface area (Å²) < 4.78 is 22.9. The molecule has 16 heteroatoms. The number of nitrogens with one attached hydrogen (secondary N) is 8. The highest BCUT2D eigenvalue weighted by Crippen LogP contribution is 2.21. The van der Waals surface area contributed by atoms with Gasteiger partial charge in [-0.05, 0) is 75.9 Å². The summed E-state index contributed by atoms with van der Waals surface area (Å²) in [5, 5.41) is 26.4. The van der Waals surface area contributed by atoms with Gasteiger partial charge in [0.15, 0.2) is 11.9 Å². The molecular weight excluding hydrogens is 813 g/mol. The van der Waals surface area contributed by atoms with E-state index in [-0.39, 0.29) is 13.1 Å². The van der Waals surface area contributed by atoms with Gasteiger partial charge in [-0.1, -0.05) is 128 Å². The van der Waals surface area contributed by atoms with Crippen molar-refractivity contribution in [3.05, 3.63) is 59.7 Å². The maximum absolute atomic E-state index is 14.2. The van der Waals surface area contributed by atoms with Gasteiger partial charge < -0.3 is 29.6 Å². The molecule has 2 heterocycles. The molecule has 2 unspecified atom stereocenters. The number of ether oxygens (including phenoxy) is 4. The molecule has 2 atom stereocenters. The highest BCUT2D eigenvalue weighted by Gasteiger charge is 2.49. The van der Waals surface area contributed by atoms with Crippen molar-refractivity contribution in [3.63, 3.8) is 0 Å². The van der Waals surface area contributed by atoms with Gasteiger partial charge in [0.2, 0.25) is 0 Å². The highest BCUT2D eigenvalue weighted by molar-refractivity contribution is 6.30. The normalized spacial score (nSPS) is 19.9. The van der Waals surface area contributed by atoms with Crippen molar-refractivity contribution in [3.8, 4) is 11.5 Å². The predicted octanol–water partition coefficient (Wildman–Crippen LogP) is 6.92. The third kappa shape index (κ3) is 18.5. The molecule has 358 valence electrons. The fourth-order valence-electron chi connectivity index (χ4n) is 7.68. The Morgan fingerprint density at radius 3 is 1.17 bits per heavy atom. The van der Waals surface area contributed by atoms with Crippen LogP contribution in [0.1, 0.15) is 155 Å². The second-order valence-corrected chi connectivity index (χ2v) is 17.9. The first-order valence-electron chi connectivity index (χ1n) is 23.8. The number of carbonyl (C=O) groups is 2. The Labute approximate surface area is 383 Å². The van der Waals surface area contributed by atoms with E-state index in [0.29, 0.717) is 36.5 Å². The van der Waals surface area contributed by atoms with Crippen LogP contribution in [0, 0.1) is 0 Å². The van der Waals surface area contributed by atoms with Gasteiger partial charge in [0.25, 0.3) is 0 Å². The average molecular weight is 893 g/mol. The van der Waals surface area contributed by atoms with E-state index < -0.39 is 35.2 Å². The van der Waals surface area contributed by atoms with Crippen LogP contribution in [-0.2, 0) is 32.2 Å². The van der Waals surface area contributed by atoms with Crippen LogP contribution < -0.4 is 52.0 Å². The number of guanidine groups is 2. The van der Waals surface area contributed by atoms with Crippen molar-refractivity contribution in [2.75, 3.05) is 27.3 Å². The predicted molar refractivity (Wildman–Crippen MR) is 254 cm³/mol. The van der Waals surface area contributed by atoms with Crippen molar-refractivity contribution in [1.82, 2.24) is 42.5 Å². The van der Waals surface area contributed by atoms with Crippen molar-refractivity contribution >= 4 is 23.9 Å². The van der Waals surface area contributed by atoms with E-state index in [4.69, 9.17) is 28.9 Å². The first-order valence-corrected chi connectivity index (χ1v) is 23.8. The standard InChI is InChI=1S/C48H80N10O6/c1-9-11-13-15-17-19-21-23-33-49-43-53-45(3,4)57-47(55-43,51-35-37-25-29-39(61-7)30-26-37)63-41(59)42(60)64-48(52-36-38-27-31-40(62-8)32-28-38)56-44(54-46(5,6)58-48)50-34-24-22-20-18-16-14-12-10-2/h25-32,51-52,57-58H,9-24,33-36H2,1-8H3,(H2,49,53,55)(H2,50,54,56). The Hall–Kier alpha value is -4.64. The molecule has 0 spiro atoms. The van der Waals surface area contributed by atoms with Gasteiger partial charge in [-0.25, -0.2) is 40.8 Å². The van der Waals surface area contributed by atoms with Crippen molar-refractivity contribution in [1.29, 1.82) is 0 Å². The van der Waals surface area contributed by atoms with E-state index in [0.717, 1.165) is 36.8 Å². The van der Waals surface area contributed by atoms with E-state index in [1.54, 1.807) is 14.2 Å². The summed E-state index contributed by atoms with van der Waals surface area (Å²) in [6.45, 7) is 13.7. The maximum atomic E-state index is 14.2. The van der Waals surface area contributed by atoms with Crippen LogP contribution in [0.2, 0.25) is 0 Å². The molecule has 0 fully saturated rings. The molecule has 4 rings (SSSR count). The summed E-state index contributed by atoms with van der Waals surface area (Å²) >= 11 is 0. The maximum Gasteiger partial charge on any atom is 0.421 e. The summed E-state index contributed by atoms with van der Waals surface area (Å²) in [6.07, 6.45) is 19.0. The Kier molecular flexibility index (Phi) is 21.4. The molecule has 64 heavy (non-hydrogen) atoms. The number of esters is 2. The zero-order chi connectivity index (χ0) is 46.3. The first-order chi connectivity index (χ1) is 30.7. The van der Waals surface area contributed by atoms with Crippen LogP contribution in [0.15, 0.2) is 58.5 Å². The average Bonchev–Trinajstić information content (AvgIpc) is 3.25.